The molecule has 2 aliphatic carbocycles. The molecule has 39 heavy (non-hydrogen) atoms. The van der Waals surface area contributed by atoms with Crippen molar-refractivity contribution in [2.24, 2.45) is 17.8 Å². The van der Waals surface area contributed by atoms with Crippen LogP contribution in [0, 0.1) is 47.9 Å². The van der Waals surface area contributed by atoms with E-state index in [0.29, 0.717) is 23.0 Å². The lowest BCUT2D eigenvalue weighted by atomic mass is 9.76. The number of halogens is 4. The molecule has 0 saturated heterocycles. The Morgan fingerprint density at radius 2 is 1.41 bits per heavy atom. The molecule has 0 aromatic heterocycles. The second-order valence-electron chi connectivity index (χ2n) is 11.7. The first-order chi connectivity index (χ1) is 18.8. The Balaban J connectivity index is 1.34. The molecule has 0 bridgehead atoms. The molecule has 2 aliphatic rings. The highest BCUT2D eigenvalue weighted by molar-refractivity contribution is 5.38. The smallest absolute Gasteiger partial charge is 0.200 e. The number of hydrogen-bond acceptors (Lipinski definition) is 1. The van der Waals surface area contributed by atoms with Crippen LogP contribution in [0.5, 0.6) is 5.75 Å². The number of allylic oxidation sites excluding steroid dienone is 2. The minimum Gasteiger partial charge on any atom is -0.491 e. The average molecular weight is 545 g/mol. The molecule has 0 unspecified atom stereocenters. The fourth-order valence-electron chi connectivity index (χ4n) is 6.73. The van der Waals surface area contributed by atoms with Gasteiger partial charge in [-0.2, -0.15) is 4.39 Å². The summed E-state index contributed by atoms with van der Waals surface area (Å²) in [5, 5.41) is 0. The highest BCUT2D eigenvalue weighted by Gasteiger charge is 2.27. The van der Waals surface area contributed by atoms with Gasteiger partial charge in [0.1, 0.15) is 0 Å². The molecule has 2 aromatic carbocycles. The summed E-state index contributed by atoms with van der Waals surface area (Å²) in [6.07, 6.45) is 16.6. The van der Waals surface area contributed by atoms with Crippen LogP contribution in [-0.4, -0.2) is 6.61 Å². The maximum Gasteiger partial charge on any atom is 0.200 e. The molecular weight excluding hydrogens is 500 g/mol. The van der Waals surface area contributed by atoms with Crippen LogP contribution < -0.4 is 4.74 Å². The number of ether oxygens (including phenoxy) is 1. The second-order valence-corrected chi connectivity index (χ2v) is 11.7. The summed E-state index contributed by atoms with van der Waals surface area (Å²) in [6.45, 7) is 5.97. The van der Waals surface area contributed by atoms with E-state index in [0.717, 1.165) is 31.6 Å². The van der Waals surface area contributed by atoms with Crippen molar-refractivity contribution < 1.29 is 22.3 Å². The van der Waals surface area contributed by atoms with E-state index in [4.69, 9.17) is 4.74 Å². The van der Waals surface area contributed by atoms with Gasteiger partial charge in [-0.3, -0.25) is 0 Å². The Morgan fingerprint density at radius 3 is 2.03 bits per heavy atom. The van der Waals surface area contributed by atoms with Crippen LogP contribution in [-0.2, 0) is 12.8 Å². The third-order valence-electron chi connectivity index (χ3n) is 9.09. The van der Waals surface area contributed by atoms with E-state index in [2.05, 4.69) is 19.1 Å². The molecule has 0 aliphatic heterocycles. The van der Waals surface area contributed by atoms with Crippen molar-refractivity contribution in [2.45, 2.75) is 104 Å². The fourth-order valence-corrected chi connectivity index (χ4v) is 6.73. The molecule has 0 atom stereocenters. The molecule has 0 heterocycles. The summed E-state index contributed by atoms with van der Waals surface area (Å²) >= 11 is 0. The topological polar surface area (TPSA) is 9.23 Å². The quantitative estimate of drug-likeness (QED) is 0.214. The average Bonchev–Trinajstić information content (AvgIpc) is 2.94. The molecule has 2 aromatic rings. The molecule has 5 heteroatoms. The zero-order valence-electron chi connectivity index (χ0n) is 23.8. The van der Waals surface area contributed by atoms with Gasteiger partial charge in [0.2, 0.25) is 5.82 Å². The molecule has 4 rings (SSSR count). The highest BCUT2D eigenvalue weighted by atomic mass is 19.2. The van der Waals surface area contributed by atoms with Crippen molar-refractivity contribution in [1.29, 1.82) is 0 Å². The van der Waals surface area contributed by atoms with Crippen molar-refractivity contribution in [3.05, 3.63) is 75.9 Å². The second kappa shape index (κ2) is 13.9. The zero-order chi connectivity index (χ0) is 27.9. The SMILES string of the molecule is CCCC1CCC(C=CC2CCC(c3cc(C)c(CCc4ccc(OCC)c(F)c4F)c(F)c3F)CC2)CC1. The maximum atomic E-state index is 15.3. The molecule has 0 amide bonds. The van der Waals surface area contributed by atoms with Gasteiger partial charge in [-0.25, -0.2) is 13.2 Å². The predicted octanol–water partition coefficient (Wildman–Crippen LogP) is 10.2. The van der Waals surface area contributed by atoms with Gasteiger partial charge in [0, 0.05) is 0 Å². The van der Waals surface area contributed by atoms with Crippen LogP contribution in [0.25, 0.3) is 0 Å². The summed E-state index contributed by atoms with van der Waals surface area (Å²) in [4.78, 5) is 0. The summed E-state index contributed by atoms with van der Waals surface area (Å²) in [6, 6.07) is 4.61. The molecule has 0 spiro atoms. The Morgan fingerprint density at radius 1 is 0.769 bits per heavy atom. The summed E-state index contributed by atoms with van der Waals surface area (Å²) in [7, 11) is 0. The fraction of sp³-hybridized carbons (Fsp3) is 0.588. The molecule has 1 nitrogen and oxygen atoms in total. The van der Waals surface area contributed by atoms with Crippen LogP contribution in [0.1, 0.15) is 106 Å². The van der Waals surface area contributed by atoms with Gasteiger partial charge in [0.25, 0.3) is 0 Å². The third-order valence-corrected chi connectivity index (χ3v) is 9.09. The normalized spacial score (nSPS) is 23.9. The number of rotatable bonds is 10. The largest absolute Gasteiger partial charge is 0.491 e. The van der Waals surface area contributed by atoms with Gasteiger partial charge in [-0.05, 0) is 130 Å². The van der Waals surface area contributed by atoms with Gasteiger partial charge < -0.3 is 4.74 Å². The van der Waals surface area contributed by atoms with Gasteiger partial charge in [0.15, 0.2) is 23.2 Å². The predicted molar refractivity (Wildman–Crippen MR) is 150 cm³/mol. The first-order valence-corrected chi connectivity index (χ1v) is 15.1. The van der Waals surface area contributed by atoms with Gasteiger partial charge in [0.05, 0.1) is 6.61 Å². The van der Waals surface area contributed by atoms with Crippen LogP contribution in [0.4, 0.5) is 17.6 Å². The lowest BCUT2D eigenvalue weighted by Crippen LogP contribution is -2.16. The van der Waals surface area contributed by atoms with Crippen LogP contribution >= 0.6 is 0 Å². The lowest BCUT2D eigenvalue weighted by Gasteiger charge is -2.29. The standard InChI is InChI=1S/C34H44F4O/c1-4-6-23-7-9-24(10-8-23)11-12-25-13-15-26(16-14-25)29-21-22(3)28(32(36)33(29)37)19-17-27-18-20-30(39-5-2)34(38)31(27)35/h11-12,18,20-21,23-26H,4-10,13-17,19H2,1-3H3. The van der Waals surface area contributed by atoms with E-state index in [1.54, 1.807) is 19.9 Å². The Hall–Kier alpha value is -2.30. The van der Waals surface area contributed by atoms with E-state index in [9.17, 15) is 8.78 Å². The van der Waals surface area contributed by atoms with E-state index >= 15 is 8.78 Å². The van der Waals surface area contributed by atoms with Crippen LogP contribution in [0.3, 0.4) is 0 Å². The summed E-state index contributed by atoms with van der Waals surface area (Å²) in [5.41, 5.74) is 1.48. The van der Waals surface area contributed by atoms with Crippen molar-refractivity contribution in [1.82, 2.24) is 0 Å². The molecule has 214 valence electrons. The molecule has 2 fully saturated rings. The highest BCUT2D eigenvalue weighted by Crippen LogP contribution is 2.40. The van der Waals surface area contributed by atoms with Crippen molar-refractivity contribution >= 4 is 0 Å². The maximum absolute atomic E-state index is 15.3. The molecular formula is C34H44F4O. The number of hydrogen-bond donors (Lipinski definition) is 0. The van der Waals surface area contributed by atoms with Gasteiger partial charge in [-0.1, -0.05) is 44.1 Å². The van der Waals surface area contributed by atoms with E-state index in [1.165, 1.54) is 50.7 Å². The van der Waals surface area contributed by atoms with Crippen molar-refractivity contribution in [2.75, 3.05) is 6.61 Å². The molecule has 0 radical (unpaired) electrons. The van der Waals surface area contributed by atoms with Crippen molar-refractivity contribution in [3.8, 4) is 5.75 Å². The van der Waals surface area contributed by atoms with Crippen molar-refractivity contribution in [3.63, 3.8) is 0 Å². The summed E-state index contributed by atoms with van der Waals surface area (Å²) < 4.78 is 64.3. The number of benzene rings is 2. The zero-order valence-corrected chi connectivity index (χ0v) is 23.8. The lowest BCUT2D eigenvalue weighted by molar-refractivity contribution is 0.292. The minimum atomic E-state index is -1.04. The Kier molecular flexibility index (Phi) is 10.5. The first kappa shape index (κ1) is 29.7. The Labute approximate surface area is 232 Å². The van der Waals surface area contributed by atoms with Gasteiger partial charge >= 0.3 is 0 Å². The van der Waals surface area contributed by atoms with Gasteiger partial charge in [-0.15, -0.1) is 0 Å². The van der Waals surface area contributed by atoms with E-state index < -0.39 is 23.3 Å². The Bertz CT molecular complexity index is 1120. The van der Waals surface area contributed by atoms with Crippen LogP contribution in [0.2, 0.25) is 0 Å². The molecule has 0 N–H and O–H groups in total. The number of aryl methyl sites for hydroxylation is 2. The minimum absolute atomic E-state index is 0.0130. The van der Waals surface area contributed by atoms with E-state index in [1.807, 2.05) is 0 Å². The third kappa shape index (κ3) is 7.27. The molecule has 2 saturated carbocycles. The monoisotopic (exact) mass is 544 g/mol. The first-order valence-electron chi connectivity index (χ1n) is 15.1. The van der Waals surface area contributed by atoms with Crippen LogP contribution in [0.15, 0.2) is 30.4 Å². The summed E-state index contributed by atoms with van der Waals surface area (Å²) in [5.74, 6) is -1.66. The van der Waals surface area contributed by atoms with E-state index in [-0.39, 0.29) is 42.2 Å².